The van der Waals surface area contributed by atoms with Crippen LogP contribution >= 0.6 is 0 Å². The Bertz CT molecular complexity index is 536. The predicted octanol–water partition coefficient (Wildman–Crippen LogP) is 1.50. The van der Waals surface area contributed by atoms with E-state index in [2.05, 4.69) is 11.5 Å². The minimum atomic E-state index is -0.477. The molecule has 0 unspecified atom stereocenters. The van der Waals surface area contributed by atoms with Gasteiger partial charge in [0.05, 0.1) is 25.3 Å². The quantitative estimate of drug-likeness (QED) is 0.563. The molecule has 124 valence electrons. The van der Waals surface area contributed by atoms with Gasteiger partial charge in [-0.1, -0.05) is 36.4 Å². The van der Waals surface area contributed by atoms with Crippen LogP contribution in [0.5, 0.6) is 0 Å². The summed E-state index contributed by atoms with van der Waals surface area (Å²) in [5.41, 5.74) is 1.07. The molecule has 0 saturated carbocycles. The zero-order valence-corrected chi connectivity index (χ0v) is 13.5. The van der Waals surface area contributed by atoms with Gasteiger partial charge in [-0.3, -0.25) is 9.74 Å². The van der Waals surface area contributed by atoms with Gasteiger partial charge in [0.2, 0.25) is 0 Å². The Morgan fingerprint density at radius 3 is 2.91 bits per heavy atom. The number of carbonyl (C=O) groups is 1. The van der Waals surface area contributed by atoms with Gasteiger partial charge < -0.3 is 9.53 Å². The van der Waals surface area contributed by atoms with Crippen LogP contribution in [0.1, 0.15) is 5.56 Å². The van der Waals surface area contributed by atoms with E-state index in [1.807, 2.05) is 48.5 Å². The van der Waals surface area contributed by atoms with Crippen molar-refractivity contribution >= 4 is 6.29 Å². The Morgan fingerprint density at radius 2 is 2.22 bits per heavy atom. The van der Waals surface area contributed by atoms with Gasteiger partial charge in [0.25, 0.3) is 0 Å². The van der Waals surface area contributed by atoms with Crippen LogP contribution in [0, 0.1) is 5.92 Å². The van der Waals surface area contributed by atoms with E-state index in [1.54, 1.807) is 0 Å². The average Bonchev–Trinajstić information content (AvgIpc) is 3.10. The minimum Gasteiger partial charge on any atom is -0.364 e. The summed E-state index contributed by atoms with van der Waals surface area (Å²) >= 11 is 0. The van der Waals surface area contributed by atoms with Crippen molar-refractivity contribution in [2.75, 3.05) is 26.7 Å². The molecule has 0 spiro atoms. The summed E-state index contributed by atoms with van der Waals surface area (Å²) in [4.78, 5) is 19.6. The molecule has 2 aliphatic rings. The second kappa shape index (κ2) is 7.36. The Hall–Kier alpha value is -1.53. The number of fused-ring (bicyclic) bond motifs is 1. The van der Waals surface area contributed by atoms with Gasteiger partial charge in [0, 0.05) is 26.1 Å². The summed E-state index contributed by atoms with van der Waals surface area (Å²) < 4.78 is 5.97. The molecule has 1 aromatic rings. The van der Waals surface area contributed by atoms with E-state index in [0.717, 1.165) is 24.9 Å². The Balaban J connectivity index is 1.73. The maximum atomic E-state index is 11.7. The average molecular weight is 316 g/mol. The molecule has 0 amide bonds. The molecule has 2 heterocycles. The highest BCUT2D eigenvalue weighted by Crippen LogP contribution is 2.35. The van der Waals surface area contributed by atoms with Crippen LogP contribution in [0.2, 0.25) is 0 Å². The fourth-order valence-corrected chi connectivity index (χ4v) is 3.74. The summed E-state index contributed by atoms with van der Waals surface area (Å²) in [6.07, 6.45) is 2.33. The van der Waals surface area contributed by atoms with E-state index in [1.165, 1.54) is 0 Å². The SMILES string of the molecule is C=CCN1C[C@@H]2CON(C)[C@@H]2[C@H]1[C@H](C=O)OCc1ccccc1. The predicted molar refractivity (Wildman–Crippen MR) is 87.6 cm³/mol. The molecule has 0 aromatic heterocycles. The van der Waals surface area contributed by atoms with Gasteiger partial charge in [-0.15, -0.1) is 6.58 Å². The van der Waals surface area contributed by atoms with E-state index in [9.17, 15) is 4.79 Å². The third-order valence-electron chi connectivity index (χ3n) is 4.76. The van der Waals surface area contributed by atoms with Crippen LogP contribution < -0.4 is 0 Å². The number of hydrogen-bond donors (Lipinski definition) is 0. The lowest BCUT2D eigenvalue weighted by molar-refractivity contribution is -0.143. The Kier molecular flexibility index (Phi) is 5.23. The lowest BCUT2D eigenvalue weighted by Crippen LogP contribution is -2.50. The van der Waals surface area contributed by atoms with E-state index in [4.69, 9.17) is 9.57 Å². The number of benzene rings is 1. The van der Waals surface area contributed by atoms with E-state index in [0.29, 0.717) is 19.1 Å². The van der Waals surface area contributed by atoms with Crippen LogP contribution in [-0.2, 0) is 21.0 Å². The van der Waals surface area contributed by atoms with Crippen molar-refractivity contribution in [3.05, 3.63) is 48.6 Å². The molecule has 1 aromatic carbocycles. The maximum absolute atomic E-state index is 11.7. The van der Waals surface area contributed by atoms with E-state index >= 15 is 0 Å². The van der Waals surface area contributed by atoms with Crippen molar-refractivity contribution in [2.45, 2.75) is 24.8 Å². The Morgan fingerprint density at radius 1 is 1.43 bits per heavy atom. The summed E-state index contributed by atoms with van der Waals surface area (Å²) in [5.74, 6) is 0.410. The van der Waals surface area contributed by atoms with Gasteiger partial charge in [-0.2, -0.15) is 5.06 Å². The second-order valence-corrected chi connectivity index (χ2v) is 6.22. The number of likely N-dealkylation sites (tertiary alicyclic amines) is 1. The fraction of sp³-hybridized carbons (Fsp3) is 0.500. The molecule has 5 nitrogen and oxygen atoms in total. The van der Waals surface area contributed by atoms with Crippen LogP contribution in [0.3, 0.4) is 0 Å². The van der Waals surface area contributed by atoms with E-state index < -0.39 is 6.10 Å². The van der Waals surface area contributed by atoms with Crippen LogP contribution in [0.25, 0.3) is 0 Å². The Labute approximate surface area is 137 Å². The molecule has 23 heavy (non-hydrogen) atoms. The number of aldehydes is 1. The molecule has 0 radical (unpaired) electrons. The molecular formula is C18H24N2O3. The molecule has 2 saturated heterocycles. The number of nitrogens with zero attached hydrogens (tertiary/aromatic N) is 2. The van der Waals surface area contributed by atoms with Crippen LogP contribution in [0.15, 0.2) is 43.0 Å². The molecular weight excluding hydrogens is 292 g/mol. The number of ether oxygens (including phenoxy) is 1. The monoisotopic (exact) mass is 316 g/mol. The first-order chi connectivity index (χ1) is 11.2. The van der Waals surface area contributed by atoms with Gasteiger partial charge >= 0.3 is 0 Å². The van der Waals surface area contributed by atoms with Crippen molar-refractivity contribution in [2.24, 2.45) is 5.92 Å². The number of hydrogen-bond acceptors (Lipinski definition) is 5. The molecule has 5 heteroatoms. The normalized spacial score (nSPS) is 29.3. The molecule has 2 fully saturated rings. The molecule has 0 aliphatic carbocycles. The van der Waals surface area contributed by atoms with Crippen molar-refractivity contribution < 1.29 is 14.4 Å². The first-order valence-corrected chi connectivity index (χ1v) is 8.06. The summed E-state index contributed by atoms with van der Waals surface area (Å²) in [5, 5.41) is 1.89. The lowest BCUT2D eigenvalue weighted by Gasteiger charge is -2.33. The third-order valence-corrected chi connectivity index (χ3v) is 4.76. The fourth-order valence-electron chi connectivity index (χ4n) is 3.74. The largest absolute Gasteiger partial charge is 0.364 e. The number of rotatable bonds is 7. The highest BCUT2D eigenvalue weighted by Gasteiger charge is 2.51. The van der Waals surface area contributed by atoms with Crippen molar-refractivity contribution in [3.63, 3.8) is 0 Å². The molecule has 0 bridgehead atoms. The van der Waals surface area contributed by atoms with Gasteiger partial charge in [0.15, 0.2) is 0 Å². The zero-order chi connectivity index (χ0) is 16.2. The molecule has 0 N–H and O–H groups in total. The summed E-state index contributed by atoms with van der Waals surface area (Å²) in [6.45, 7) is 6.64. The minimum absolute atomic E-state index is 0.00767. The standard InChI is InChI=1S/C18H24N2O3/c1-3-9-20-10-15-13-23-19(2)17(15)18(20)16(11-21)22-12-14-7-5-4-6-8-14/h3-8,11,15-18H,1,9-10,12-13H2,2H3/t15-,16+,17+,18-/m1/s1. The van der Waals surface area contributed by atoms with Gasteiger partial charge in [0.1, 0.15) is 12.4 Å². The molecule has 4 atom stereocenters. The highest BCUT2D eigenvalue weighted by atomic mass is 16.7. The van der Waals surface area contributed by atoms with Gasteiger partial charge in [-0.25, -0.2) is 0 Å². The van der Waals surface area contributed by atoms with Gasteiger partial charge in [-0.05, 0) is 5.56 Å². The lowest BCUT2D eigenvalue weighted by atomic mass is 9.97. The number of carbonyl (C=O) groups excluding carboxylic acids is 1. The first kappa shape index (κ1) is 16.3. The van der Waals surface area contributed by atoms with Crippen LogP contribution in [0.4, 0.5) is 0 Å². The van der Waals surface area contributed by atoms with Crippen LogP contribution in [-0.4, -0.2) is 61.2 Å². The summed E-state index contributed by atoms with van der Waals surface area (Å²) in [6, 6.07) is 10.1. The number of likely N-dealkylation sites (N-methyl/N-ethyl adjacent to an activating group) is 1. The number of hydroxylamine groups is 2. The third kappa shape index (κ3) is 3.38. The van der Waals surface area contributed by atoms with Crippen molar-refractivity contribution in [1.29, 1.82) is 0 Å². The highest BCUT2D eigenvalue weighted by molar-refractivity contribution is 5.58. The topological polar surface area (TPSA) is 42.0 Å². The first-order valence-electron chi connectivity index (χ1n) is 8.06. The van der Waals surface area contributed by atoms with Crippen molar-refractivity contribution in [1.82, 2.24) is 9.96 Å². The molecule has 3 rings (SSSR count). The zero-order valence-electron chi connectivity index (χ0n) is 13.5. The summed E-state index contributed by atoms with van der Waals surface area (Å²) in [7, 11) is 1.94. The second-order valence-electron chi connectivity index (χ2n) is 6.22. The molecule has 2 aliphatic heterocycles. The smallest absolute Gasteiger partial charge is 0.150 e. The van der Waals surface area contributed by atoms with Crippen molar-refractivity contribution in [3.8, 4) is 0 Å². The maximum Gasteiger partial charge on any atom is 0.150 e. The van der Waals surface area contributed by atoms with E-state index in [-0.39, 0.29) is 12.1 Å².